The number of hydrogen-bond donors (Lipinski definition) is 1. The second-order valence-electron chi connectivity index (χ2n) is 8.84. The number of rotatable bonds is 3. The Morgan fingerprint density at radius 2 is 1.76 bits per heavy atom. The molecule has 1 aliphatic carbocycles. The predicted octanol–water partition coefficient (Wildman–Crippen LogP) is 4.29. The number of nitrogens with zero attached hydrogens (tertiary/aromatic N) is 1. The molecule has 2 heteroatoms. The Morgan fingerprint density at radius 3 is 2.38 bits per heavy atom. The summed E-state index contributed by atoms with van der Waals surface area (Å²) in [5.41, 5.74) is 7.04. The molecule has 1 aliphatic heterocycles. The van der Waals surface area contributed by atoms with Crippen LogP contribution in [0.3, 0.4) is 0 Å². The maximum Gasteiger partial charge on any atom is 0.0253 e. The van der Waals surface area contributed by atoms with Crippen molar-refractivity contribution in [1.29, 1.82) is 0 Å². The smallest absolute Gasteiger partial charge is 0.0253 e. The summed E-state index contributed by atoms with van der Waals surface area (Å²) in [7, 11) is 0. The fraction of sp³-hybridized carbons (Fsp3) is 1.00. The van der Waals surface area contributed by atoms with Crippen molar-refractivity contribution in [3.8, 4) is 0 Å². The van der Waals surface area contributed by atoms with E-state index in [4.69, 9.17) is 5.73 Å². The molecule has 21 heavy (non-hydrogen) atoms. The first kappa shape index (κ1) is 17.3. The number of piperidine rings is 1. The highest BCUT2D eigenvalue weighted by Crippen LogP contribution is 2.43. The van der Waals surface area contributed by atoms with E-state index in [9.17, 15) is 0 Å². The van der Waals surface area contributed by atoms with Gasteiger partial charge in [0.1, 0.15) is 0 Å². The van der Waals surface area contributed by atoms with Crippen molar-refractivity contribution < 1.29 is 0 Å². The van der Waals surface area contributed by atoms with E-state index in [1.807, 2.05) is 0 Å². The van der Waals surface area contributed by atoms with Gasteiger partial charge in [-0.25, -0.2) is 0 Å². The van der Waals surface area contributed by atoms with Crippen LogP contribution in [0.15, 0.2) is 0 Å². The molecule has 2 N–H and O–H groups in total. The van der Waals surface area contributed by atoms with Crippen molar-refractivity contribution in [2.24, 2.45) is 28.9 Å². The molecule has 1 saturated heterocycles. The molecule has 1 saturated carbocycles. The SMILES string of the molecule is CCC(C)(C)C1CCC(N)C(N2CC(C)CC(C)C2C)C1. The first-order valence-electron chi connectivity index (χ1n) is 9.27. The normalized spacial score (nSPS) is 43.0. The highest BCUT2D eigenvalue weighted by atomic mass is 15.2. The Labute approximate surface area is 132 Å². The largest absolute Gasteiger partial charge is 0.326 e. The van der Waals surface area contributed by atoms with E-state index in [1.165, 1.54) is 38.6 Å². The second kappa shape index (κ2) is 6.58. The Bertz CT molecular complexity index is 338. The minimum Gasteiger partial charge on any atom is -0.326 e. The zero-order valence-electron chi connectivity index (χ0n) is 15.2. The molecular formula is C19H38N2. The standard InChI is InChI=1S/C19H38N2/c1-7-19(5,6)16-8-9-17(20)18(11-16)21-12-13(2)10-14(3)15(21)4/h13-18H,7-12,20H2,1-6H3. The monoisotopic (exact) mass is 294 g/mol. The van der Waals surface area contributed by atoms with Crippen LogP contribution in [0.25, 0.3) is 0 Å². The van der Waals surface area contributed by atoms with Gasteiger partial charge in [-0.15, -0.1) is 0 Å². The summed E-state index contributed by atoms with van der Waals surface area (Å²) in [5.74, 6) is 2.47. The van der Waals surface area contributed by atoms with Crippen molar-refractivity contribution in [2.75, 3.05) is 6.54 Å². The van der Waals surface area contributed by atoms with Crippen molar-refractivity contribution in [3.63, 3.8) is 0 Å². The van der Waals surface area contributed by atoms with E-state index < -0.39 is 0 Å². The van der Waals surface area contributed by atoms with Gasteiger partial charge in [0.25, 0.3) is 0 Å². The first-order chi connectivity index (χ1) is 9.76. The summed E-state index contributed by atoms with van der Waals surface area (Å²) in [6.45, 7) is 15.8. The molecule has 0 amide bonds. The third kappa shape index (κ3) is 3.64. The summed E-state index contributed by atoms with van der Waals surface area (Å²) in [6, 6.07) is 1.68. The van der Waals surface area contributed by atoms with Crippen molar-refractivity contribution in [3.05, 3.63) is 0 Å². The zero-order chi connectivity index (χ0) is 15.8. The van der Waals surface area contributed by atoms with E-state index in [1.54, 1.807) is 0 Å². The molecule has 2 fully saturated rings. The van der Waals surface area contributed by atoms with E-state index in [-0.39, 0.29) is 0 Å². The molecule has 2 rings (SSSR count). The Balaban J connectivity index is 2.12. The molecule has 6 atom stereocenters. The third-order valence-corrected chi connectivity index (χ3v) is 6.95. The number of nitrogens with two attached hydrogens (primary N) is 1. The van der Waals surface area contributed by atoms with Crippen molar-refractivity contribution >= 4 is 0 Å². The van der Waals surface area contributed by atoms with Crippen LogP contribution in [-0.4, -0.2) is 29.6 Å². The Hall–Kier alpha value is -0.0800. The average molecular weight is 295 g/mol. The van der Waals surface area contributed by atoms with Gasteiger partial charge in [0.15, 0.2) is 0 Å². The third-order valence-electron chi connectivity index (χ3n) is 6.95. The molecule has 0 aromatic carbocycles. The molecule has 124 valence electrons. The van der Waals surface area contributed by atoms with Gasteiger partial charge in [-0.3, -0.25) is 4.90 Å². The van der Waals surface area contributed by atoms with Gasteiger partial charge in [-0.1, -0.05) is 41.0 Å². The Morgan fingerprint density at radius 1 is 1.10 bits per heavy atom. The van der Waals surface area contributed by atoms with Crippen LogP contribution in [0.4, 0.5) is 0 Å². The van der Waals surface area contributed by atoms with Crippen LogP contribution in [0.5, 0.6) is 0 Å². The van der Waals surface area contributed by atoms with Crippen molar-refractivity contribution in [2.45, 2.75) is 91.8 Å². The first-order valence-corrected chi connectivity index (χ1v) is 9.27. The molecule has 2 nitrogen and oxygen atoms in total. The minimum atomic E-state index is 0.383. The van der Waals surface area contributed by atoms with E-state index in [2.05, 4.69) is 46.4 Å². The van der Waals surface area contributed by atoms with Gasteiger partial charge >= 0.3 is 0 Å². The summed E-state index contributed by atoms with van der Waals surface area (Å²) >= 11 is 0. The molecular weight excluding hydrogens is 256 g/mol. The minimum absolute atomic E-state index is 0.383. The predicted molar refractivity (Wildman–Crippen MR) is 92.3 cm³/mol. The van der Waals surface area contributed by atoms with E-state index in [0.717, 1.165) is 17.8 Å². The molecule has 6 unspecified atom stereocenters. The van der Waals surface area contributed by atoms with Gasteiger partial charge < -0.3 is 5.73 Å². The second-order valence-corrected chi connectivity index (χ2v) is 8.84. The van der Waals surface area contributed by atoms with Gasteiger partial charge in [0, 0.05) is 24.7 Å². The fourth-order valence-electron chi connectivity index (χ4n) is 4.75. The van der Waals surface area contributed by atoms with Crippen LogP contribution in [0.1, 0.15) is 73.6 Å². The van der Waals surface area contributed by atoms with Crippen LogP contribution in [0.2, 0.25) is 0 Å². The summed E-state index contributed by atoms with van der Waals surface area (Å²) in [6.07, 6.45) is 6.51. The lowest BCUT2D eigenvalue weighted by molar-refractivity contribution is -0.00896. The number of likely N-dealkylation sites (tertiary alicyclic amines) is 1. The summed E-state index contributed by atoms with van der Waals surface area (Å²) < 4.78 is 0. The average Bonchev–Trinajstić information content (AvgIpc) is 2.43. The van der Waals surface area contributed by atoms with Crippen LogP contribution in [-0.2, 0) is 0 Å². The lowest BCUT2D eigenvalue weighted by Crippen LogP contribution is -2.59. The molecule has 0 aromatic heterocycles. The summed E-state index contributed by atoms with van der Waals surface area (Å²) in [4.78, 5) is 2.78. The molecule has 0 aromatic rings. The molecule has 1 heterocycles. The van der Waals surface area contributed by atoms with Crippen LogP contribution >= 0.6 is 0 Å². The maximum absolute atomic E-state index is 6.57. The molecule has 0 spiro atoms. The fourth-order valence-corrected chi connectivity index (χ4v) is 4.75. The Kier molecular flexibility index (Phi) is 5.41. The number of hydrogen-bond acceptors (Lipinski definition) is 2. The van der Waals surface area contributed by atoms with Gasteiger partial charge in [0.2, 0.25) is 0 Å². The zero-order valence-corrected chi connectivity index (χ0v) is 15.2. The quantitative estimate of drug-likeness (QED) is 0.841. The lowest BCUT2D eigenvalue weighted by atomic mass is 9.66. The van der Waals surface area contributed by atoms with Crippen LogP contribution in [0, 0.1) is 23.2 Å². The molecule has 2 aliphatic rings. The van der Waals surface area contributed by atoms with E-state index >= 15 is 0 Å². The lowest BCUT2D eigenvalue weighted by Gasteiger charge is -2.51. The van der Waals surface area contributed by atoms with Gasteiger partial charge in [0.05, 0.1) is 0 Å². The highest BCUT2D eigenvalue weighted by Gasteiger charge is 2.41. The van der Waals surface area contributed by atoms with Crippen molar-refractivity contribution in [1.82, 2.24) is 4.90 Å². The maximum atomic E-state index is 6.57. The summed E-state index contributed by atoms with van der Waals surface area (Å²) in [5, 5.41) is 0. The molecule has 0 bridgehead atoms. The van der Waals surface area contributed by atoms with Gasteiger partial charge in [-0.05, 0) is 55.8 Å². The van der Waals surface area contributed by atoms with Crippen LogP contribution < -0.4 is 5.73 Å². The topological polar surface area (TPSA) is 29.3 Å². The van der Waals surface area contributed by atoms with Gasteiger partial charge in [-0.2, -0.15) is 0 Å². The molecule has 0 radical (unpaired) electrons. The van der Waals surface area contributed by atoms with E-state index in [0.29, 0.717) is 23.5 Å². The highest BCUT2D eigenvalue weighted by molar-refractivity contribution is 4.97.